The summed E-state index contributed by atoms with van der Waals surface area (Å²) in [5, 5.41) is 9.13. The van der Waals surface area contributed by atoms with Crippen molar-refractivity contribution >= 4 is 23.1 Å². The van der Waals surface area contributed by atoms with E-state index in [0.717, 1.165) is 18.5 Å². The minimum atomic E-state index is -0.408. The smallest absolute Gasteiger partial charge is 1.00 e. The Hall–Kier alpha value is -0.304. The van der Waals surface area contributed by atoms with Crippen LogP contribution < -0.4 is 12.4 Å². The second-order valence-corrected chi connectivity index (χ2v) is 3.04. The first-order valence-corrected chi connectivity index (χ1v) is 4.53. The Morgan fingerprint density at radius 1 is 1.47 bits per heavy atom. The van der Waals surface area contributed by atoms with E-state index in [1.165, 1.54) is 0 Å². The molecule has 0 saturated heterocycles. The Morgan fingerprint density at radius 2 is 2.07 bits per heavy atom. The largest absolute Gasteiger partial charge is 2.00 e. The van der Waals surface area contributed by atoms with E-state index >= 15 is 0 Å². The van der Waals surface area contributed by atoms with Gasteiger partial charge in [0.15, 0.2) is 0 Å². The van der Waals surface area contributed by atoms with Crippen LogP contribution in [0.4, 0.5) is 0 Å². The van der Waals surface area contributed by atoms with Gasteiger partial charge in [0.1, 0.15) is 0 Å². The summed E-state index contributed by atoms with van der Waals surface area (Å²) in [5.41, 5.74) is 0.452. The maximum Gasteiger partial charge on any atom is 2.00 e. The van der Waals surface area contributed by atoms with Crippen LogP contribution in [0.3, 0.4) is 0 Å². The Labute approximate surface area is 114 Å². The maximum atomic E-state index is 9.13. The van der Waals surface area contributed by atoms with Crippen molar-refractivity contribution in [2.45, 2.75) is 32.1 Å². The third kappa shape index (κ3) is 3.64. The summed E-state index contributed by atoms with van der Waals surface area (Å²) in [7, 11) is 0. The van der Waals surface area contributed by atoms with Gasteiger partial charge in [0.05, 0.1) is 11.5 Å². The van der Waals surface area contributed by atoms with Gasteiger partial charge in [-0.15, -0.1) is 0 Å². The summed E-state index contributed by atoms with van der Waals surface area (Å²) in [6, 6.07) is 8.89. The number of hydrogen-bond acceptors (Lipinski definition) is 2. The fourth-order valence-electron chi connectivity index (χ4n) is 1.43. The molecule has 0 spiro atoms. The zero-order chi connectivity index (χ0) is 9.73. The normalized spacial score (nSPS) is 9.40. The number of nitrogens with zero attached hydrogens (tertiary/aromatic N) is 2. The summed E-state index contributed by atoms with van der Waals surface area (Å²) in [6.07, 6.45) is 3.22. The molecule has 0 atom stereocenters. The van der Waals surface area contributed by atoms with Gasteiger partial charge in [-0.05, 0) is 18.5 Å². The molecule has 1 rings (SSSR count). The Morgan fingerprint density at radius 3 is 2.40 bits per heavy atom. The molecular weight excluding hydrogens is 220 g/mol. The number of aromatic nitrogens is 1. The molecule has 4 heteroatoms. The van der Waals surface area contributed by atoms with Gasteiger partial charge < -0.3 is 12.4 Å². The molecule has 0 fully saturated rings. The van der Waals surface area contributed by atoms with Crippen LogP contribution in [0.25, 0.3) is 0 Å². The van der Waals surface area contributed by atoms with Crippen LogP contribution >= 0.6 is 0 Å². The van der Waals surface area contributed by atoms with Crippen molar-refractivity contribution < 1.29 is 12.4 Å². The van der Waals surface area contributed by atoms with Gasteiger partial charge in [-0.2, -0.15) is 11.3 Å². The van der Waals surface area contributed by atoms with E-state index in [2.05, 4.69) is 17.1 Å². The van der Waals surface area contributed by atoms with E-state index in [0.29, 0.717) is 0 Å². The zero-order valence-electron chi connectivity index (χ0n) is 9.13. The SMILES string of the molecule is CCC(C#N)(CC)c1cc[c-]cn1.[Cl-].[Mg+2]. The first-order valence-electron chi connectivity index (χ1n) is 4.53. The summed E-state index contributed by atoms with van der Waals surface area (Å²) >= 11 is 0. The third-order valence-corrected chi connectivity index (χ3v) is 2.53. The van der Waals surface area contributed by atoms with E-state index in [-0.39, 0.29) is 35.5 Å². The van der Waals surface area contributed by atoms with E-state index in [4.69, 9.17) is 5.26 Å². The van der Waals surface area contributed by atoms with Crippen molar-refractivity contribution in [2.75, 3.05) is 0 Å². The predicted octanol–water partition coefficient (Wildman–Crippen LogP) is -0.914. The van der Waals surface area contributed by atoms with E-state index < -0.39 is 5.41 Å². The molecule has 0 radical (unpaired) electrons. The van der Waals surface area contributed by atoms with Crippen LogP contribution in [-0.4, -0.2) is 28.0 Å². The van der Waals surface area contributed by atoms with Crippen molar-refractivity contribution in [3.05, 3.63) is 30.1 Å². The van der Waals surface area contributed by atoms with Crippen LogP contribution in [0.2, 0.25) is 0 Å². The molecule has 0 N–H and O–H groups in total. The van der Waals surface area contributed by atoms with Gasteiger partial charge in [0.25, 0.3) is 0 Å². The van der Waals surface area contributed by atoms with Crippen LogP contribution in [0, 0.1) is 17.4 Å². The standard InChI is InChI=1S/C11H13N2.ClH.Mg/c1-3-11(4-2,9-12)10-7-5-6-8-13-10;;/h5,7-8H,3-4H2,1-2H3;1H;/q-1;;+2/p-1. The molecule has 2 nitrogen and oxygen atoms in total. The first kappa shape index (κ1) is 17.1. The molecule has 0 aliphatic rings. The van der Waals surface area contributed by atoms with E-state index in [1.807, 2.05) is 19.9 Å². The van der Waals surface area contributed by atoms with Crippen molar-refractivity contribution in [1.82, 2.24) is 4.98 Å². The van der Waals surface area contributed by atoms with Crippen molar-refractivity contribution in [2.24, 2.45) is 0 Å². The minimum Gasteiger partial charge on any atom is -1.00 e. The Kier molecular flexibility index (Phi) is 9.03. The van der Waals surface area contributed by atoms with Gasteiger partial charge in [-0.3, -0.25) is 4.98 Å². The van der Waals surface area contributed by atoms with Crippen LogP contribution in [0.5, 0.6) is 0 Å². The Balaban J connectivity index is 0. The summed E-state index contributed by atoms with van der Waals surface area (Å²) in [5.74, 6) is 0. The third-order valence-electron chi connectivity index (χ3n) is 2.53. The summed E-state index contributed by atoms with van der Waals surface area (Å²) in [4.78, 5) is 4.19. The molecule has 0 aromatic carbocycles. The van der Waals surface area contributed by atoms with Gasteiger partial charge in [0, 0.05) is 0 Å². The molecule has 15 heavy (non-hydrogen) atoms. The average molecular weight is 233 g/mol. The van der Waals surface area contributed by atoms with Gasteiger partial charge in [-0.25, -0.2) is 12.1 Å². The quantitative estimate of drug-likeness (QED) is 0.500. The molecule has 0 amide bonds. The maximum absolute atomic E-state index is 9.13. The summed E-state index contributed by atoms with van der Waals surface area (Å²) in [6.45, 7) is 4.04. The molecule has 0 bridgehead atoms. The molecule has 0 saturated carbocycles. The van der Waals surface area contributed by atoms with E-state index in [1.54, 1.807) is 12.3 Å². The number of halogens is 1. The molecule has 1 aromatic heterocycles. The molecule has 1 heterocycles. The predicted molar refractivity (Wildman–Crippen MR) is 56.7 cm³/mol. The fourth-order valence-corrected chi connectivity index (χ4v) is 1.43. The van der Waals surface area contributed by atoms with Crippen LogP contribution in [0.1, 0.15) is 32.4 Å². The van der Waals surface area contributed by atoms with Crippen molar-refractivity contribution in [1.29, 1.82) is 5.26 Å². The van der Waals surface area contributed by atoms with Crippen LogP contribution in [0.15, 0.2) is 18.3 Å². The number of nitriles is 1. The molecule has 1 aromatic rings. The topological polar surface area (TPSA) is 36.7 Å². The van der Waals surface area contributed by atoms with Crippen LogP contribution in [-0.2, 0) is 5.41 Å². The Bertz CT molecular complexity index is 304. The molecule has 0 aliphatic carbocycles. The molecule has 76 valence electrons. The monoisotopic (exact) mass is 232 g/mol. The number of rotatable bonds is 3. The van der Waals surface area contributed by atoms with Gasteiger partial charge >= 0.3 is 23.1 Å². The molecular formula is C11H13ClMgN2. The number of hydrogen-bond donors (Lipinski definition) is 0. The fraction of sp³-hybridized carbons (Fsp3) is 0.455. The number of pyridine rings is 1. The van der Waals surface area contributed by atoms with E-state index in [9.17, 15) is 0 Å². The minimum absolute atomic E-state index is 0. The molecule has 0 unspecified atom stereocenters. The summed E-state index contributed by atoms with van der Waals surface area (Å²) < 4.78 is 0. The van der Waals surface area contributed by atoms with Crippen molar-refractivity contribution in [3.63, 3.8) is 0 Å². The van der Waals surface area contributed by atoms with Gasteiger partial charge in [-0.1, -0.05) is 20.0 Å². The molecule has 0 aliphatic heterocycles. The van der Waals surface area contributed by atoms with Crippen molar-refractivity contribution in [3.8, 4) is 6.07 Å². The first-order chi connectivity index (χ1) is 6.29. The average Bonchev–Trinajstić information content (AvgIpc) is 2.23. The second kappa shape index (κ2) is 7.92. The zero-order valence-corrected chi connectivity index (χ0v) is 11.3. The van der Waals surface area contributed by atoms with Gasteiger partial charge in [0.2, 0.25) is 0 Å². The second-order valence-electron chi connectivity index (χ2n) is 3.04.